The molecule has 0 saturated carbocycles. The Bertz CT molecular complexity index is 555. The first-order chi connectivity index (χ1) is 10.9. The largest absolute Gasteiger partial charge is 0.508 e. The Balaban J connectivity index is 1.85. The van der Waals surface area contributed by atoms with Crippen molar-refractivity contribution in [3.8, 4) is 5.75 Å². The van der Waals surface area contributed by atoms with Crippen molar-refractivity contribution in [3.63, 3.8) is 0 Å². The minimum Gasteiger partial charge on any atom is -0.508 e. The Labute approximate surface area is 131 Å². The normalized spacial score (nSPS) is 31.2. The molecule has 0 aliphatic carbocycles. The number of ether oxygens (including phenoxy) is 2. The van der Waals surface area contributed by atoms with Crippen LogP contribution in [0.2, 0.25) is 0 Å². The second-order valence-corrected chi connectivity index (χ2v) is 5.09. The van der Waals surface area contributed by atoms with Crippen molar-refractivity contribution in [2.75, 3.05) is 6.61 Å². The van der Waals surface area contributed by atoms with Crippen LogP contribution in [0.1, 0.15) is 5.56 Å². The summed E-state index contributed by atoms with van der Waals surface area (Å²) < 4.78 is 9.74. The minimum absolute atomic E-state index is 0.104. The van der Waals surface area contributed by atoms with E-state index in [-0.39, 0.29) is 5.75 Å². The molecular weight excluding hydrogens is 308 g/mol. The fourth-order valence-electron chi connectivity index (χ4n) is 2.03. The molecule has 0 spiro atoms. The molecule has 1 saturated heterocycles. The molecule has 1 aromatic rings. The van der Waals surface area contributed by atoms with Gasteiger partial charge in [-0.1, -0.05) is 12.1 Å². The van der Waals surface area contributed by atoms with Gasteiger partial charge >= 0.3 is 5.97 Å². The first kappa shape index (κ1) is 17.4. The molecule has 5 N–H and O–H groups in total. The SMILES string of the molecule is O=C(/C=C/c1ccc(O)cc1)OC[C@H]1O[C@@H](O)[C@@H](O)[C@@H](O)[C@@H]1O. The highest BCUT2D eigenvalue weighted by Gasteiger charge is 2.43. The van der Waals surface area contributed by atoms with E-state index in [4.69, 9.17) is 14.6 Å². The van der Waals surface area contributed by atoms with Crippen molar-refractivity contribution in [1.82, 2.24) is 0 Å². The zero-order valence-corrected chi connectivity index (χ0v) is 12.0. The number of phenolic OH excluding ortho intramolecular Hbond substituents is 1. The molecule has 1 aliphatic rings. The van der Waals surface area contributed by atoms with E-state index in [1.807, 2.05) is 0 Å². The van der Waals surface area contributed by atoms with Crippen LogP contribution in [0, 0.1) is 0 Å². The molecule has 0 bridgehead atoms. The number of hydrogen-bond donors (Lipinski definition) is 5. The van der Waals surface area contributed by atoms with E-state index in [1.54, 1.807) is 12.1 Å². The quantitative estimate of drug-likeness (QED) is 0.342. The zero-order chi connectivity index (χ0) is 17.0. The number of esters is 1. The van der Waals surface area contributed by atoms with E-state index in [0.29, 0.717) is 5.56 Å². The number of carbonyl (C=O) groups excluding carboxylic acids is 1. The summed E-state index contributed by atoms with van der Waals surface area (Å²) in [6, 6.07) is 6.12. The van der Waals surface area contributed by atoms with Gasteiger partial charge in [-0.15, -0.1) is 0 Å². The lowest BCUT2D eigenvalue weighted by Gasteiger charge is -2.37. The second kappa shape index (κ2) is 7.53. The molecule has 1 fully saturated rings. The lowest BCUT2D eigenvalue weighted by atomic mass is 9.99. The summed E-state index contributed by atoms with van der Waals surface area (Å²) in [4.78, 5) is 11.6. The Morgan fingerprint density at radius 2 is 1.74 bits per heavy atom. The summed E-state index contributed by atoms with van der Waals surface area (Å²) in [6.45, 7) is -0.402. The lowest BCUT2D eigenvalue weighted by molar-refractivity contribution is -0.287. The molecule has 2 rings (SSSR count). The van der Waals surface area contributed by atoms with Crippen LogP contribution in [0.5, 0.6) is 5.75 Å². The first-order valence-electron chi connectivity index (χ1n) is 6.90. The van der Waals surface area contributed by atoms with Crippen LogP contribution in [0.25, 0.3) is 6.08 Å². The minimum atomic E-state index is -1.68. The van der Waals surface area contributed by atoms with Gasteiger partial charge in [0.15, 0.2) is 6.29 Å². The highest BCUT2D eigenvalue weighted by atomic mass is 16.6. The second-order valence-electron chi connectivity index (χ2n) is 5.09. The maximum absolute atomic E-state index is 11.6. The smallest absolute Gasteiger partial charge is 0.330 e. The predicted molar refractivity (Wildman–Crippen MR) is 77.0 cm³/mol. The van der Waals surface area contributed by atoms with E-state index in [2.05, 4.69) is 0 Å². The number of phenols is 1. The number of aliphatic hydroxyl groups excluding tert-OH is 4. The standard InChI is InChI=1S/C15H18O8/c16-9-4-1-8(2-5-9)3-6-11(17)22-7-10-12(18)13(19)14(20)15(21)23-10/h1-6,10,12-16,18-21H,7H2/b6-3+/t10-,12-,13+,14+,15-/m1/s1. The molecule has 0 radical (unpaired) electrons. The Morgan fingerprint density at radius 1 is 1.09 bits per heavy atom. The number of aliphatic hydroxyl groups is 4. The highest BCUT2D eigenvalue weighted by Crippen LogP contribution is 2.20. The molecule has 5 atom stereocenters. The van der Waals surface area contributed by atoms with E-state index in [1.165, 1.54) is 18.2 Å². The van der Waals surface area contributed by atoms with E-state index >= 15 is 0 Å². The number of benzene rings is 1. The third kappa shape index (κ3) is 4.50. The van der Waals surface area contributed by atoms with Gasteiger partial charge in [-0.3, -0.25) is 0 Å². The molecule has 0 amide bonds. The topological polar surface area (TPSA) is 137 Å². The predicted octanol–water partition coefficient (Wildman–Crippen LogP) is -1.25. The van der Waals surface area contributed by atoms with Crippen molar-refractivity contribution in [2.45, 2.75) is 30.7 Å². The first-order valence-corrected chi connectivity index (χ1v) is 6.90. The fourth-order valence-corrected chi connectivity index (χ4v) is 2.03. The summed E-state index contributed by atoms with van der Waals surface area (Å²) in [5, 5.41) is 47.0. The van der Waals surface area contributed by atoms with Crippen molar-refractivity contribution < 1.29 is 39.8 Å². The summed E-state index contributed by atoms with van der Waals surface area (Å²) in [5.74, 6) is -0.614. The van der Waals surface area contributed by atoms with Gasteiger partial charge in [-0.05, 0) is 23.8 Å². The van der Waals surface area contributed by atoms with Crippen LogP contribution >= 0.6 is 0 Å². The van der Waals surface area contributed by atoms with Crippen LogP contribution in [-0.4, -0.2) is 68.8 Å². The fraction of sp³-hybridized carbons (Fsp3) is 0.400. The highest BCUT2D eigenvalue weighted by molar-refractivity contribution is 5.87. The van der Waals surface area contributed by atoms with Gasteiger partial charge in [0.2, 0.25) is 0 Å². The van der Waals surface area contributed by atoms with Crippen LogP contribution in [0.15, 0.2) is 30.3 Å². The van der Waals surface area contributed by atoms with Crippen molar-refractivity contribution >= 4 is 12.0 Å². The summed E-state index contributed by atoms with van der Waals surface area (Å²) in [7, 11) is 0. The van der Waals surface area contributed by atoms with Gasteiger partial charge in [0.25, 0.3) is 0 Å². The molecule has 126 valence electrons. The van der Waals surface area contributed by atoms with Gasteiger partial charge in [0.05, 0.1) is 0 Å². The maximum Gasteiger partial charge on any atom is 0.330 e. The van der Waals surface area contributed by atoms with Gasteiger partial charge in [0.1, 0.15) is 36.8 Å². The van der Waals surface area contributed by atoms with Crippen molar-refractivity contribution in [1.29, 1.82) is 0 Å². The van der Waals surface area contributed by atoms with Gasteiger partial charge in [-0.25, -0.2) is 4.79 Å². The van der Waals surface area contributed by atoms with Crippen molar-refractivity contribution in [3.05, 3.63) is 35.9 Å². The van der Waals surface area contributed by atoms with Crippen LogP contribution < -0.4 is 0 Å². The molecule has 8 heteroatoms. The molecule has 0 aromatic heterocycles. The monoisotopic (exact) mass is 326 g/mol. The molecular formula is C15H18O8. The third-order valence-corrected chi connectivity index (χ3v) is 3.38. The molecule has 1 aliphatic heterocycles. The molecule has 8 nitrogen and oxygen atoms in total. The summed E-state index contributed by atoms with van der Waals surface area (Å²) in [6.07, 6.45) is -4.96. The molecule has 0 unspecified atom stereocenters. The van der Waals surface area contributed by atoms with Crippen molar-refractivity contribution in [2.24, 2.45) is 0 Å². The molecule has 1 aromatic carbocycles. The number of rotatable bonds is 4. The van der Waals surface area contributed by atoms with E-state index < -0.39 is 43.3 Å². The van der Waals surface area contributed by atoms with Crippen LogP contribution in [-0.2, 0) is 14.3 Å². The third-order valence-electron chi connectivity index (χ3n) is 3.38. The number of hydrogen-bond acceptors (Lipinski definition) is 8. The molecule has 1 heterocycles. The van der Waals surface area contributed by atoms with Gasteiger partial charge in [-0.2, -0.15) is 0 Å². The van der Waals surface area contributed by atoms with E-state index in [0.717, 1.165) is 6.08 Å². The summed E-state index contributed by atoms with van der Waals surface area (Å²) in [5.41, 5.74) is 0.669. The maximum atomic E-state index is 11.6. The average Bonchev–Trinajstić information content (AvgIpc) is 2.54. The molecule has 23 heavy (non-hydrogen) atoms. The van der Waals surface area contributed by atoms with Crippen LogP contribution in [0.4, 0.5) is 0 Å². The average molecular weight is 326 g/mol. The zero-order valence-electron chi connectivity index (χ0n) is 12.0. The summed E-state index contributed by atoms with van der Waals surface area (Å²) >= 11 is 0. The Kier molecular flexibility index (Phi) is 5.69. The van der Waals surface area contributed by atoms with Crippen LogP contribution in [0.3, 0.4) is 0 Å². The number of carbonyl (C=O) groups is 1. The Hall–Kier alpha value is -1.97. The van der Waals surface area contributed by atoms with E-state index in [9.17, 15) is 25.2 Å². The lowest BCUT2D eigenvalue weighted by Crippen LogP contribution is -2.58. The Morgan fingerprint density at radius 3 is 2.39 bits per heavy atom. The van der Waals surface area contributed by atoms with Gasteiger partial charge < -0.3 is 35.0 Å². The number of aromatic hydroxyl groups is 1. The van der Waals surface area contributed by atoms with Gasteiger partial charge in [0, 0.05) is 6.08 Å².